The van der Waals surface area contributed by atoms with E-state index in [4.69, 9.17) is 0 Å². The number of para-hydroxylation sites is 1. The lowest BCUT2D eigenvalue weighted by Crippen LogP contribution is -2.56. The summed E-state index contributed by atoms with van der Waals surface area (Å²) in [5.41, 5.74) is 2.16. The van der Waals surface area contributed by atoms with Gasteiger partial charge in [0.15, 0.2) is 0 Å². The van der Waals surface area contributed by atoms with E-state index in [0.717, 1.165) is 24.6 Å². The third kappa shape index (κ3) is 3.87. The van der Waals surface area contributed by atoms with Gasteiger partial charge in [0.2, 0.25) is 15.9 Å². The second kappa shape index (κ2) is 8.45. The van der Waals surface area contributed by atoms with Gasteiger partial charge in [0.05, 0.1) is 6.04 Å². The van der Waals surface area contributed by atoms with Gasteiger partial charge in [-0.1, -0.05) is 30.3 Å². The van der Waals surface area contributed by atoms with Crippen molar-refractivity contribution in [1.29, 1.82) is 0 Å². The Kier molecular flexibility index (Phi) is 5.90. The molecular weight excluding hydrogens is 405 g/mol. The first-order chi connectivity index (χ1) is 14.4. The molecule has 1 saturated heterocycles. The predicted molar refractivity (Wildman–Crippen MR) is 113 cm³/mol. The van der Waals surface area contributed by atoms with E-state index in [1.807, 2.05) is 34.9 Å². The minimum absolute atomic E-state index is 0.0348. The van der Waals surface area contributed by atoms with E-state index in [1.165, 1.54) is 28.1 Å². The highest BCUT2D eigenvalue weighted by atomic mass is 32.2. The number of hydrogen-bond donors (Lipinski definition) is 0. The van der Waals surface area contributed by atoms with Gasteiger partial charge in [-0.05, 0) is 43.5 Å². The number of amides is 1. The summed E-state index contributed by atoms with van der Waals surface area (Å²) in [7, 11) is -3.89. The SMILES string of the molecule is C[C@@H](C(=O)N1CCCc2ccccc21)N1CCN(S(=O)(=O)c2ccccc2F)CC1. The molecule has 30 heavy (non-hydrogen) atoms. The van der Waals surface area contributed by atoms with Gasteiger partial charge in [-0.25, -0.2) is 12.8 Å². The molecule has 0 aliphatic carbocycles. The molecule has 0 unspecified atom stereocenters. The summed E-state index contributed by atoms with van der Waals surface area (Å²) in [6.07, 6.45) is 1.91. The quantitative estimate of drug-likeness (QED) is 0.746. The molecule has 1 atom stereocenters. The zero-order valence-corrected chi connectivity index (χ0v) is 17.8. The number of fused-ring (bicyclic) bond motifs is 1. The van der Waals surface area contributed by atoms with Crippen molar-refractivity contribution in [2.24, 2.45) is 0 Å². The van der Waals surface area contributed by atoms with E-state index in [9.17, 15) is 17.6 Å². The van der Waals surface area contributed by atoms with Crippen LogP contribution in [0.1, 0.15) is 18.9 Å². The van der Waals surface area contributed by atoms with Gasteiger partial charge >= 0.3 is 0 Å². The number of carbonyl (C=O) groups excluding carboxylic acids is 1. The number of piperazine rings is 1. The Bertz CT molecular complexity index is 1040. The molecule has 0 bridgehead atoms. The van der Waals surface area contributed by atoms with Crippen LogP contribution in [0.2, 0.25) is 0 Å². The maximum Gasteiger partial charge on any atom is 0.246 e. The molecule has 0 saturated carbocycles. The Hall–Kier alpha value is -2.29. The molecule has 2 aliphatic heterocycles. The summed E-state index contributed by atoms with van der Waals surface area (Å²) < 4.78 is 40.9. The van der Waals surface area contributed by atoms with Crippen molar-refractivity contribution in [3.63, 3.8) is 0 Å². The Labute approximate surface area is 176 Å². The molecule has 0 aromatic heterocycles. The van der Waals surface area contributed by atoms with Crippen LogP contribution in [0, 0.1) is 5.82 Å². The fraction of sp³-hybridized carbons (Fsp3) is 0.409. The maximum atomic E-state index is 14.0. The van der Waals surface area contributed by atoms with E-state index in [0.29, 0.717) is 19.6 Å². The summed E-state index contributed by atoms with van der Waals surface area (Å²) in [4.78, 5) is 16.8. The third-order valence-corrected chi connectivity index (χ3v) is 7.94. The number of aryl methyl sites for hydroxylation is 1. The van der Waals surface area contributed by atoms with Crippen LogP contribution in [0.15, 0.2) is 53.4 Å². The Balaban J connectivity index is 1.43. The van der Waals surface area contributed by atoms with Gasteiger partial charge in [-0.15, -0.1) is 0 Å². The second-order valence-electron chi connectivity index (χ2n) is 7.77. The first kappa shape index (κ1) is 21.0. The summed E-state index contributed by atoms with van der Waals surface area (Å²) >= 11 is 0. The topological polar surface area (TPSA) is 60.9 Å². The Morgan fingerprint density at radius 3 is 2.37 bits per heavy atom. The van der Waals surface area contributed by atoms with Crippen LogP contribution in [0.5, 0.6) is 0 Å². The first-order valence-electron chi connectivity index (χ1n) is 10.3. The maximum absolute atomic E-state index is 14.0. The number of halogens is 1. The Morgan fingerprint density at radius 1 is 0.967 bits per heavy atom. The molecule has 0 spiro atoms. The normalized spacial score (nSPS) is 19.3. The smallest absolute Gasteiger partial charge is 0.246 e. The molecule has 0 radical (unpaired) electrons. The molecule has 2 aromatic carbocycles. The van der Waals surface area contributed by atoms with Gasteiger partial charge in [0.1, 0.15) is 10.7 Å². The number of hydrogen-bond acceptors (Lipinski definition) is 4. The van der Waals surface area contributed by atoms with Crippen molar-refractivity contribution < 1.29 is 17.6 Å². The standard InChI is InChI=1S/C22H26FN3O3S/c1-17(22(27)26-12-6-8-18-7-2-4-10-20(18)26)24-13-15-25(16-14-24)30(28,29)21-11-5-3-9-19(21)23/h2-5,7,9-11,17H,6,8,12-16H2,1H3/t17-/m0/s1. The predicted octanol–water partition coefficient (Wildman–Crippen LogP) is 2.50. The lowest BCUT2D eigenvalue weighted by molar-refractivity contribution is -0.123. The van der Waals surface area contributed by atoms with Gasteiger partial charge in [-0.2, -0.15) is 4.31 Å². The van der Waals surface area contributed by atoms with Crippen LogP contribution in [-0.2, 0) is 21.2 Å². The molecule has 2 aliphatic rings. The van der Waals surface area contributed by atoms with Crippen molar-refractivity contribution in [2.75, 3.05) is 37.6 Å². The molecule has 1 amide bonds. The van der Waals surface area contributed by atoms with Crippen LogP contribution in [0.25, 0.3) is 0 Å². The molecule has 1 fully saturated rings. The van der Waals surface area contributed by atoms with Crippen LogP contribution >= 0.6 is 0 Å². The number of carbonyl (C=O) groups is 1. The van der Waals surface area contributed by atoms with Gasteiger partial charge in [0, 0.05) is 38.4 Å². The van der Waals surface area contributed by atoms with Crippen molar-refractivity contribution in [3.8, 4) is 0 Å². The zero-order valence-electron chi connectivity index (χ0n) is 17.0. The van der Waals surface area contributed by atoms with E-state index in [1.54, 1.807) is 0 Å². The molecule has 160 valence electrons. The fourth-order valence-corrected chi connectivity index (χ4v) is 5.76. The van der Waals surface area contributed by atoms with Crippen molar-refractivity contribution in [1.82, 2.24) is 9.21 Å². The van der Waals surface area contributed by atoms with Gasteiger partial charge in [-0.3, -0.25) is 9.69 Å². The molecular formula is C22H26FN3O3S. The van der Waals surface area contributed by atoms with E-state index < -0.39 is 15.8 Å². The number of rotatable bonds is 4. The molecule has 6 nitrogen and oxygen atoms in total. The van der Waals surface area contributed by atoms with Crippen LogP contribution < -0.4 is 4.90 Å². The zero-order chi connectivity index (χ0) is 21.3. The highest BCUT2D eigenvalue weighted by Crippen LogP contribution is 2.28. The monoisotopic (exact) mass is 431 g/mol. The number of sulfonamides is 1. The lowest BCUT2D eigenvalue weighted by Gasteiger charge is -2.39. The molecule has 2 aromatic rings. The van der Waals surface area contributed by atoms with Gasteiger partial charge < -0.3 is 4.90 Å². The minimum atomic E-state index is -3.89. The van der Waals surface area contributed by atoms with Crippen molar-refractivity contribution >= 4 is 21.6 Å². The molecule has 8 heteroatoms. The summed E-state index contributed by atoms with van der Waals surface area (Å²) in [5, 5.41) is 0. The summed E-state index contributed by atoms with van der Waals surface area (Å²) in [5.74, 6) is -0.709. The van der Waals surface area contributed by atoms with Gasteiger partial charge in [0.25, 0.3) is 0 Å². The van der Waals surface area contributed by atoms with Crippen LogP contribution in [0.3, 0.4) is 0 Å². The molecule has 4 rings (SSSR count). The van der Waals surface area contributed by atoms with E-state index in [2.05, 4.69) is 6.07 Å². The van der Waals surface area contributed by atoms with Crippen molar-refractivity contribution in [3.05, 3.63) is 59.9 Å². The summed E-state index contributed by atoms with van der Waals surface area (Å²) in [6.45, 7) is 3.88. The molecule has 0 N–H and O–H groups in total. The summed E-state index contributed by atoms with van der Waals surface area (Å²) in [6, 6.07) is 13.1. The van der Waals surface area contributed by atoms with Crippen molar-refractivity contribution in [2.45, 2.75) is 30.7 Å². The number of benzene rings is 2. The lowest BCUT2D eigenvalue weighted by atomic mass is 10.0. The van der Waals surface area contributed by atoms with Crippen LogP contribution in [0.4, 0.5) is 10.1 Å². The van der Waals surface area contributed by atoms with E-state index in [-0.39, 0.29) is 29.9 Å². The fourth-order valence-electron chi connectivity index (χ4n) is 4.27. The average molecular weight is 432 g/mol. The Morgan fingerprint density at radius 2 is 1.63 bits per heavy atom. The molecule has 2 heterocycles. The first-order valence-corrected chi connectivity index (χ1v) is 11.7. The third-order valence-electron chi connectivity index (χ3n) is 6.01. The largest absolute Gasteiger partial charge is 0.311 e. The van der Waals surface area contributed by atoms with E-state index >= 15 is 0 Å². The minimum Gasteiger partial charge on any atom is -0.311 e. The highest BCUT2D eigenvalue weighted by Gasteiger charge is 2.35. The number of nitrogens with zero attached hydrogens (tertiary/aromatic N) is 3. The second-order valence-corrected chi connectivity index (χ2v) is 9.67. The van der Waals surface area contributed by atoms with Crippen LogP contribution in [-0.4, -0.2) is 62.3 Å². The number of anilines is 1. The highest BCUT2D eigenvalue weighted by molar-refractivity contribution is 7.89. The average Bonchev–Trinajstić information content (AvgIpc) is 2.78.